The Morgan fingerprint density at radius 3 is 2.45 bits per heavy atom. The van der Waals surface area contributed by atoms with Crippen LogP contribution in [0.25, 0.3) is 0 Å². The van der Waals surface area contributed by atoms with E-state index in [9.17, 15) is 21.6 Å². The van der Waals surface area contributed by atoms with Crippen molar-refractivity contribution < 1.29 is 21.6 Å². The molecule has 0 spiro atoms. The van der Waals surface area contributed by atoms with Gasteiger partial charge in [0.1, 0.15) is 0 Å². The quantitative estimate of drug-likeness (QED) is 0.777. The molecule has 0 radical (unpaired) electrons. The van der Waals surface area contributed by atoms with Crippen molar-refractivity contribution in [3.63, 3.8) is 0 Å². The van der Waals surface area contributed by atoms with E-state index in [1.54, 1.807) is 6.92 Å². The molecule has 114 valence electrons. The number of halogens is 4. The van der Waals surface area contributed by atoms with Crippen molar-refractivity contribution in [2.45, 2.75) is 29.8 Å². The maximum atomic E-state index is 12.6. The zero-order chi connectivity index (χ0) is 15.6. The van der Waals surface area contributed by atoms with Gasteiger partial charge in [0, 0.05) is 19.0 Å². The summed E-state index contributed by atoms with van der Waals surface area (Å²) < 4.78 is 63.0. The third-order valence-corrected chi connectivity index (χ3v) is 4.78. The van der Waals surface area contributed by atoms with Crippen LogP contribution in [0.3, 0.4) is 0 Å². The molecule has 0 heterocycles. The highest BCUT2D eigenvalue weighted by Gasteiger charge is 2.32. The second-order valence-electron chi connectivity index (χ2n) is 4.42. The summed E-state index contributed by atoms with van der Waals surface area (Å²) in [7, 11) is -2.63. The number of hydrogen-bond acceptors (Lipinski definition) is 2. The zero-order valence-corrected chi connectivity index (χ0v) is 12.6. The summed E-state index contributed by atoms with van der Waals surface area (Å²) >= 11 is 5.73. The molecule has 1 aromatic carbocycles. The molecule has 0 amide bonds. The molecule has 1 aromatic rings. The van der Waals surface area contributed by atoms with Gasteiger partial charge in [-0.1, -0.05) is 6.07 Å². The van der Waals surface area contributed by atoms with E-state index < -0.39 is 21.8 Å². The summed E-state index contributed by atoms with van der Waals surface area (Å²) in [5.41, 5.74) is -0.988. The summed E-state index contributed by atoms with van der Waals surface area (Å²) in [5.74, 6) is 0. The van der Waals surface area contributed by atoms with Crippen molar-refractivity contribution in [1.29, 1.82) is 0 Å². The summed E-state index contributed by atoms with van der Waals surface area (Å²) in [6.07, 6.45) is -4.16. The molecule has 0 aliphatic heterocycles. The number of alkyl halides is 4. The van der Waals surface area contributed by atoms with Crippen LogP contribution in [-0.4, -0.2) is 31.7 Å². The van der Waals surface area contributed by atoms with Crippen molar-refractivity contribution in [2.24, 2.45) is 0 Å². The van der Waals surface area contributed by atoms with Crippen LogP contribution in [0.5, 0.6) is 0 Å². The minimum absolute atomic E-state index is 0.142. The maximum absolute atomic E-state index is 12.6. The molecular formula is C12H15ClF3NO2S. The van der Waals surface area contributed by atoms with Crippen LogP contribution in [0.2, 0.25) is 0 Å². The molecule has 0 N–H and O–H groups in total. The fraction of sp³-hybridized carbons (Fsp3) is 0.500. The Balaban J connectivity index is 3.04. The summed E-state index contributed by atoms with van der Waals surface area (Å²) in [6, 6.07) is 3.69. The largest absolute Gasteiger partial charge is 0.416 e. The molecule has 1 atom stereocenters. The number of rotatable bonds is 5. The molecule has 0 aromatic heterocycles. The van der Waals surface area contributed by atoms with Crippen LogP contribution in [-0.2, 0) is 16.2 Å². The monoisotopic (exact) mass is 329 g/mol. The van der Waals surface area contributed by atoms with Gasteiger partial charge in [0.2, 0.25) is 10.0 Å². The van der Waals surface area contributed by atoms with Crippen molar-refractivity contribution >= 4 is 21.6 Å². The van der Waals surface area contributed by atoms with E-state index in [1.807, 2.05) is 0 Å². The molecule has 1 rings (SSSR count). The molecule has 0 saturated carbocycles. The lowest BCUT2D eigenvalue weighted by Crippen LogP contribution is -2.29. The predicted octanol–water partition coefficient (Wildman–Crippen LogP) is 3.34. The van der Waals surface area contributed by atoms with Crippen molar-refractivity contribution in [2.75, 3.05) is 13.6 Å². The molecule has 0 aliphatic carbocycles. The molecule has 0 bridgehead atoms. The van der Waals surface area contributed by atoms with Crippen LogP contribution in [0, 0.1) is 0 Å². The van der Waals surface area contributed by atoms with E-state index in [2.05, 4.69) is 0 Å². The molecule has 0 fully saturated rings. The third-order valence-electron chi connectivity index (χ3n) is 2.71. The van der Waals surface area contributed by atoms with Gasteiger partial charge in [-0.2, -0.15) is 13.2 Å². The first kappa shape index (κ1) is 17.3. The maximum Gasteiger partial charge on any atom is 0.416 e. The Hall–Kier alpha value is -0.790. The smallest absolute Gasteiger partial charge is 0.207 e. The van der Waals surface area contributed by atoms with Crippen molar-refractivity contribution in [3.8, 4) is 0 Å². The minimum Gasteiger partial charge on any atom is -0.207 e. The zero-order valence-electron chi connectivity index (χ0n) is 11.0. The van der Waals surface area contributed by atoms with E-state index in [-0.39, 0.29) is 16.8 Å². The molecule has 3 nitrogen and oxygen atoms in total. The van der Waals surface area contributed by atoms with Crippen LogP contribution in [0.1, 0.15) is 18.9 Å². The van der Waals surface area contributed by atoms with E-state index in [0.717, 1.165) is 22.5 Å². The Bertz CT molecular complexity index is 558. The van der Waals surface area contributed by atoms with Crippen LogP contribution in [0.4, 0.5) is 13.2 Å². The first-order valence-corrected chi connectivity index (χ1v) is 7.70. The average Bonchev–Trinajstić information content (AvgIpc) is 2.34. The van der Waals surface area contributed by atoms with Gasteiger partial charge in [0.05, 0.1) is 10.5 Å². The van der Waals surface area contributed by atoms with Crippen LogP contribution >= 0.6 is 11.6 Å². The van der Waals surface area contributed by atoms with Crippen LogP contribution < -0.4 is 0 Å². The first-order chi connectivity index (χ1) is 9.05. The SMILES string of the molecule is CC(Cl)CCN(C)S(=O)(=O)c1cccc(C(F)(F)F)c1. The number of sulfonamides is 1. The lowest BCUT2D eigenvalue weighted by Gasteiger charge is -2.18. The summed E-state index contributed by atoms with van der Waals surface area (Å²) in [4.78, 5) is -0.378. The minimum atomic E-state index is -4.57. The highest BCUT2D eigenvalue weighted by atomic mass is 35.5. The lowest BCUT2D eigenvalue weighted by molar-refractivity contribution is -0.137. The number of hydrogen-bond donors (Lipinski definition) is 0. The predicted molar refractivity (Wildman–Crippen MR) is 71.2 cm³/mol. The second-order valence-corrected chi connectivity index (χ2v) is 7.21. The normalized spacial score (nSPS) is 14.6. The highest BCUT2D eigenvalue weighted by Crippen LogP contribution is 2.31. The van der Waals surface area contributed by atoms with E-state index >= 15 is 0 Å². The number of benzene rings is 1. The van der Waals surface area contributed by atoms with E-state index in [0.29, 0.717) is 12.5 Å². The van der Waals surface area contributed by atoms with Gasteiger partial charge in [0.25, 0.3) is 0 Å². The van der Waals surface area contributed by atoms with E-state index in [4.69, 9.17) is 11.6 Å². The van der Waals surface area contributed by atoms with Gasteiger partial charge in [0.15, 0.2) is 0 Å². The van der Waals surface area contributed by atoms with Gasteiger partial charge < -0.3 is 0 Å². The van der Waals surface area contributed by atoms with Gasteiger partial charge in [-0.05, 0) is 31.5 Å². The summed E-state index contributed by atoms with van der Waals surface area (Å²) in [5, 5.41) is -0.214. The Kier molecular flexibility index (Phi) is 5.46. The molecule has 0 aliphatic rings. The Morgan fingerprint density at radius 2 is 1.95 bits per heavy atom. The third kappa shape index (κ3) is 4.36. The average molecular weight is 330 g/mol. The van der Waals surface area contributed by atoms with E-state index in [1.165, 1.54) is 7.05 Å². The van der Waals surface area contributed by atoms with Gasteiger partial charge in [-0.25, -0.2) is 12.7 Å². The first-order valence-electron chi connectivity index (χ1n) is 5.83. The topological polar surface area (TPSA) is 37.4 Å². The molecule has 1 unspecified atom stereocenters. The fourth-order valence-electron chi connectivity index (χ4n) is 1.49. The van der Waals surface area contributed by atoms with Crippen LogP contribution in [0.15, 0.2) is 29.2 Å². The second kappa shape index (κ2) is 6.32. The molecule has 8 heteroatoms. The van der Waals surface area contributed by atoms with Gasteiger partial charge in [-0.3, -0.25) is 0 Å². The molecular weight excluding hydrogens is 315 g/mol. The molecule has 0 saturated heterocycles. The fourth-order valence-corrected chi connectivity index (χ4v) is 2.82. The standard InChI is InChI=1S/C12H15ClF3NO2S/c1-9(13)6-7-17(2)20(18,19)11-5-3-4-10(8-11)12(14,15)16/h3-5,8-9H,6-7H2,1-2H3. The van der Waals surface area contributed by atoms with Gasteiger partial charge >= 0.3 is 6.18 Å². The Morgan fingerprint density at radius 1 is 1.35 bits per heavy atom. The lowest BCUT2D eigenvalue weighted by atomic mass is 10.2. The van der Waals surface area contributed by atoms with Gasteiger partial charge in [-0.15, -0.1) is 11.6 Å². The Labute approximate surface area is 121 Å². The number of nitrogens with zero attached hydrogens (tertiary/aromatic N) is 1. The van der Waals surface area contributed by atoms with Crippen molar-refractivity contribution in [3.05, 3.63) is 29.8 Å². The molecule has 20 heavy (non-hydrogen) atoms. The highest BCUT2D eigenvalue weighted by molar-refractivity contribution is 7.89. The van der Waals surface area contributed by atoms with Crippen molar-refractivity contribution in [1.82, 2.24) is 4.31 Å². The summed E-state index contributed by atoms with van der Waals surface area (Å²) in [6.45, 7) is 1.86.